The third kappa shape index (κ3) is 4.04. The summed E-state index contributed by atoms with van der Waals surface area (Å²) in [5.74, 6) is 0.822. The Kier molecular flexibility index (Phi) is 4.88. The van der Waals surface area contributed by atoms with Crippen LogP contribution in [0.25, 0.3) is 0 Å². The van der Waals surface area contributed by atoms with E-state index in [1.807, 2.05) is 31.2 Å². The average molecular weight is 284 g/mol. The van der Waals surface area contributed by atoms with E-state index in [2.05, 4.69) is 31.7 Å². The van der Waals surface area contributed by atoms with E-state index in [1.165, 1.54) is 0 Å². The van der Waals surface area contributed by atoms with Crippen LogP contribution in [0.15, 0.2) is 24.3 Å². The fourth-order valence-electron chi connectivity index (χ4n) is 1.64. The molecular formula is C14H16N6O. The van der Waals surface area contributed by atoms with Crippen LogP contribution >= 0.6 is 0 Å². The molecule has 108 valence electrons. The molecule has 21 heavy (non-hydrogen) atoms. The number of nitrogens with one attached hydrogen (secondary N) is 2. The van der Waals surface area contributed by atoms with Gasteiger partial charge in [0.05, 0.1) is 19.1 Å². The van der Waals surface area contributed by atoms with Crippen molar-refractivity contribution in [2.24, 2.45) is 0 Å². The molecule has 0 aliphatic carbocycles. The van der Waals surface area contributed by atoms with Gasteiger partial charge >= 0.3 is 6.01 Å². The Labute approximate surface area is 123 Å². The number of hydrogen-bond acceptors (Lipinski definition) is 7. The van der Waals surface area contributed by atoms with Gasteiger partial charge in [0.1, 0.15) is 0 Å². The van der Waals surface area contributed by atoms with Gasteiger partial charge in [0, 0.05) is 12.7 Å². The van der Waals surface area contributed by atoms with E-state index in [1.54, 1.807) is 7.05 Å². The van der Waals surface area contributed by atoms with Gasteiger partial charge in [-0.3, -0.25) is 0 Å². The lowest BCUT2D eigenvalue weighted by Gasteiger charge is -2.08. The van der Waals surface area contributed by atoms with E-state index in [0.717, 1.165) is 11.3 Å². The Morgan fingerprint density at radius 3 is 2.48 bits per heavy atom. The van der Waals surface area contributed by atoms with Crippen molar-refractivity contribution in [2.75, 3.05) is 24.3 Å². The fraction of sp³-hybridized carbons (Fsp3) is 0.286. The van der Waals surface area contributed by atoms with Crippen molar-refractivity contribution in [3.63, 3.8) is 0 Å². The summed E-state index contributed by atoms with van der Waals surface area (Å²) in [6.45, 7) is 2.35. The highest BCUT2D eigenvalue weighted by Crippen LogP contribution is 2.17. The molecule has 0 amide bonds. The van der Waals surface area contributed by atoms with Crippen LogP contribution in [0.4, 0.5) is 17.6 Å². The molecule has 0 unspecified atom stereocenters. The number of nitrogens with zero attached hydrogens (tertiary/aromatic N) is 4. The van der Waals surface area contributed by atoms with Gasteiger partial charge in [0.2, 0.25) is 11.9 Å². The van der Waals surface area contributed by atoms with Crippen LogP contribution in [0.2, 0.25) is 0 Å². The smallest absolute Gasteiger partial charge is 0.323 e. The SMILES string of the molecule is CCOc1nc(NC)nc(Nc2ccc(CC#N)cc2)n1. The molecule has 0 aliphatic rings. The molecule has 0 saturated carbocycles. The van der Waals surface area contributed by atoms with E-state index >= 15 is 0 Å². The summed E-state index contributed by atoms with van der Waals surface area (Å²) in [5.41, 5.74) is 1.79. The summed E-state index contributed by atoms with van der Waals surface area (Å²) in [5, 5.41) is 14.6. The summed E-state index contributed by atoms with van der Waals surface area (Å²) >= 11 is 0. The van der Waals surface area contributed by atoms with Crippen molar-refractivity contribution < 1.29 is 4.74 Å². The second kappa shape index (κ2) is 7.05. The molecule has 1 aromatic heterocycles. The zero-order chi connectivity index (χ0) is 15.1. The van der Waals surface area contributed by atoms with Gasteiger partial charge in [-0.05, 0) is 24.6 Å². The van der Waals surface area contributed by atoms with Crippen LogP contribution in [-0.2, 0) is 6.42 Å². The molecule has 7 heteroatoms. The summed E-state index contributed by atoms with van der Waals surface area (Å²) in [6, 6.07) is 9.89. The van der Waals surface area contributed by atoms with E-state index in [-0.39, 0.29) is 6.01 Å². The molecule has 2 N–H and O–H groups in total. The molecule has 0 bridgehead atoms. The second-order valence-corrected chi connectivity index (χ2v) is 4.11. The first-order chi connectivity index (χ1) is 10.2. The standard InChI is InChI=1S/C14H16N6O/c1-3-21-14-19-12(16-2)18-13(20-14)17-11-6-4-10(5-7-11)8-9-15/h4-7H,3,8H2,1-2H3,(H2,16,17,18,19,20). The number of benzene rings is 1. The quantitative estimate of drug-likeness (QED) is 0.838. The number of nitriles is 1. The predicted molar refractivity (Wildman–Crippen MR) is 79.6 cm³/mol. The first-order valence-corrected chi connectivity index (χ1v) is 6.54. The van der Waals surface area contributed by atoms with Crippen molar-refractivity contribution in [3.05, 3.63) is 29.8 Å². The number of hydrogen-bond donors (Lipinski definition) is 2. The number of aromatic nitrogens is 3. The van der Waals surface area contributed by atoms with Crippen molar-refractivity contribution in [1.82, 2.24) is 15.0 Å². The zero-order valence-electron chi connectivity index (χ0n) is 11.9. The average Bonchev–Trinajstić information content (AvgIpc) is 2.49. The van der Waals surface area contributed by atoms with Crippen LogP contribution in [-0.4, -0.2) is 28.6 Å². The van der Waals surface area contributed by atoms with Crippen LogP contribution in [0.5, 0.6) is 6.01 Å². The minimum Gasteiger partial charge on any atom is -0.464 e. The lowest BCUT2D eigenvalue weighted by molar-refractivity contribution is 0.312. The molecule has 2 aromatic rings. The minimum absolute atomic E-state index is 0.264. The number of anilines is 3. The Bertz CT molecular complexity index is 635. The van der Waals surface area contributed by atoms with Crippen LogP contribution in [0.3, 0.4) is 0 Å². The lowest BCUT2D eigenvalue weighted by Crippen LogP contribution is -2.07. The van der Waals surface area contributed by atoms with E-state index in [9.17, 15) is 0 Å². The highest BCUT2D eigenvalue weighted by Gasteiger charge is 2.06. The van der Waals surface area contributed by atoms with Crippen molar-refractivity contribution in [3.8, 4) is 12.1 Å². The molecule has 0 atom stereocenters. The summed E-state index contributed by atoms with van der Waals surface area (Å²) in [7, 11) is 1.73. The van der Waals surface area contributed by atoms with Gasteiger partial charge in [0.15, 0.2) is 0 Å². The highest BCUT2D eigenvalue weighted by atomic mass is 16.5. The van der Waals surface area contributed by atoms with Crippen LogP contribution < -0.4 is 15.4 Å². The molecular weight excluding hydrogens is 268 g/mol. The maximum atomic E-state index is 8.65. The summed E-state index contributed by atoms with van der Waals surface area (Å²) < 4.78 is 5.30. The molecule has 7 nitrogen and oxygen atoms in total. The Balaban J connectivity index is 2.18. The van der Waals surface area contributed by atoms with Gasteiger partial charge in [-0.15, -0.1) is 0 Å². The molecule has 0 spiro atoms. The largest absolute Gasteiger partial charge is 0.464 e. The summed E-state index contributed by atoms with van der Waals surface area (Å²) in [4.78, 5) is 12.5. The zero-order valence-corrected chi connectivity index (χ0v) is 11.9. The molecule has 1 heterocycles. The maximum absolute atomic E-state index is 8.65. The van der Waals surface area contributed by atoms with E-state index in [0.29, 0.717) is 24.9 Å². The highest BCUT2D eigenvalue weighted by molar-refractivity contribution is 5.54. The molecule has 0 fully saturated rings. The fourth-order valence-corrected chi connectivity index (χ4v) is 1.64. The first-order valence-electron chi connectivity index (χ1n) is 6.54. The molecule has 2 rings (SSSR count). The van der Waals surface area contributed by atoms with Gasteiger partial charge in [-0.1, -0.05) is 12.1 Å². The van der Waals surface area contributed by atoms with Gasteiger partial charge in [-0.25, -0.2) is 0 Å². The van der Waals surface area contributed by atoms with E-state index < -0.39 is 0 Å². The predicted octanol–water partition coefficient (Wildman–Crippen LogP) is 2.12. The van der Waals surface area contributed by atoms with Crippen LogP contribution in [0, 0.1) is 11.3 Å². The molecule has 0 radical (unpaired) electrons. The second-order valence-electron chi connectivity index (χ2n) is 4.11. The minimum atomic E-state index is 0.264. The molecule has 1 aromatic carbocycles. The van der Waals surface area contributed by atoms with E-state index in [4.69, 9.17) is 10.00 Å². The molecule has 0 aliphatic heterocycles. The summed E-state index contributed by atoms with van der Waals surface area (Å²) in [6.07, 6.45) is 0.393. The van der Waals surface area contributed by atoms with Crippen molar-refractivity contribution >= 4 is 17.6 Å². The topological polar surface area (TPSA) is 95.8 Å². The van der Waals surface area contributed by atoms with Gasteiger partial charge in [-0.2, -0.15) is 20.2 Å². The van der Waals surface area contributed by atoms with Gasteiger partial charge in [0.25, 0.3) is 0 Å². The maximum Gasteiger partial charge on any atom is 0.323 e. The normalized spacial score (nSPS) is 9.76. The third-order valence-corrected chi connectivity index (χ3v) is 2.61. The Hall–Kier alpha value is -2.88. The number of ether oxygens (including phenoxy) is 1. The third-order valence-electron chi connectivity index (χ3n) is 2.61. The Morgan fingerprint density at radius 2 is 1.86 bits per heavy atom. The molecule has 0 saturated heterocycles. The monoisotopic (exact) mass is 284 g/mol. The lowest BCUT2D eigenvalue weighted by atomic mass is 10.1. The van der Waals surface area contributed by atoms with Crippen molar-refractivity contribution in [2.45, 2.75) is 13.3 Å². The Morgan fingerprint density at radius 1 is 1.14 bits per heavy atom. The first kappa shape index (κ1) is 14.5. The van der Waals surface area contributed by atoms with Crippen molar-refractivity contribution in [1.29, 1.82) is 5.26 Å². The number of rotatable bonds is 6. The van der Waals surface area contributed by atoms with Crippen LogP contribution in [0.1, 0.15) is 12.5 Å². The van der Waals surface area contributed by atoms with Gasteiger partial charge < -0.3 is 15.4 Å².